The third-order valence-corrected chi connectivity index (χ3v) is 1.75. The van der Waals surface area contributed by atoms with E-state index in [1.165, 1.54) is 0 Å². The summed E-state index contributed by atoms with van der Waals surface area (Å²) in [5.41, 5.74) is 0.744. The lowest BCUT2D eigenvalue weighted by Gasteiger charge is -1.98. The fourth-order valence-electron chi connectivity index (χ4n) is 0.834. The molecule has 0 aromatic carbocycles. The van der Waals surface area contributed by atoms with Crippen molar-refractivity contribution >= 4 is 11.7 Å². The maximum Gasteiger partial charge on any atom is 0.341 e. The summed E-state index contributed by atoms with van der Waals surface area (Å²) in [5.74, 6) is 0. The van der Waals surface area contributed by atoms with E-state index in [0.29, 0.717) is 6.04 Å². The van der Waals surface area contributed by atoms with Gasteiger partial charge in [-0.15, -0.1) is 0 Å². The van der Waals surface area contributed by atoms with Crippen molar-refractivity contribution in [2.75, 3.05) is 0 Å². The molecule has 1 aliphatic rings. The van der Waals surface area contributed by atoms with E-state index in [-0.39, 0.29) is 6.03 Å². The van der Waals surface area contributed by atoms with Crippen LogP contribution >= 0.6 is 0 Å². The number of rotatable bonds is 3. The smallest absolute Gasteiger partial charge is 0.333 e. The average molecular weight is 166 g/mol. The Balaban J connectivity index is 2.39. The zero-order chi connectivity index (χ0) is 8.97. The van der Waals surface area contributed by atoms with Gasteiger partial charge in [-0.25, -0.2) is 4.79 Å². The van der Waals surface area contributed by atoms with Gasteiger partial charge in [0.15, 0.2) is 0 Å². The molecule has 0 aliphatic heterocycles. The van der Waals surface area contributed by atoms with Crippen molar-refractivity contribution in [2.45, 2.75) is 32.2 Å². The number of nitrogens with zero attached hydrogens (tertiary/aromatic N) is 1. The fraction of sp³-hybridized carbons (Fsp3) is 0.556. The molecular weight excluding hydrogens is 152 g/mol. The molecule has 3 nitrogen and oxygen atoms in total. The minimum Gasteiger partial charge on any atom is -0.333 e. The summed E-state index contributed by atoms with van der Waals surface area (Å²) in [6.07, 6.45) is 4.56. The van der Waals surface area contributed by atoms with Gasteiger partial charge >= 0.3 is 6.03 Å². The van der Waals surface area contributed by atoms with E-state index in [9.17, 15) is 4.79 Å². The normalized spacial score (nSPS) is 17.2. The molecule has 1 fully saturated rings. The highest BCUT2D eigenvalue weighted by Gasteiger charge is 2.22. The molecular formula is C9H14N2O. The average Bonchev–Trinajstić information content (AvgIpc) is 2.84. The Kier molecular flexibility index (Phi) is 3.02. The van der Waals surface area contributed by atoms with Gasteiger partial charge in [0, 0.05) is 11.8 Å². The first-order chi connectivity index (χ1) is 5.76. The summed E-state index contributed by atoms with van der Waals surface area (Å²) in [4.78, 5) is 14.9. The van der Waals surface area contributed by atoms with E-state index < -0.39 is 0 Å². The SMILES string of the molecule is C=CC(CC)=NC(=O)NC1CC1. The molecule has 0 radical (unpaired) electrons. The molecule has 1 saturated carbocycles. The van der Waals surface area contributed by atoms with Crippen LogP contribution in [0.4, 0.5) is 4.79 Å². The van der Waals surface area contributed by atoms with Gasteiger partial charge in [-0.2, -0.15) is 4.99 Å². The van der Waals surface area contributed by atoms with Crippen LogP contribution in [0.25, 0.3) is 0 Å². The van der Waals surface area contributed by atoms with Crippen molar-refractivity contribution < 1.29 is 4.79 Å². The topological polar surface area (TPSA) is 41.5 Å². The summed E-state index contributed by atoms with van der Waals surface area (Å²) < 4.78 is 0. The monoisotopic (exact) mass is 166 g/mol. The van der Waals surface area contributed by atoms with Gasteiger partial charge in [-0.1, -0.05) is 13.5 Å². The molecule has 0 bridgehead atoms. The first-order valence-electron chi connectivity index (χ1n) is 4.26. The van der Waals surface area contributed by atoms with Gasteiger partial charge in [0.05, 0.1) is 0 Å². The van der Waals surface area contributed by atoms with E-state index >= 15 is 0 Å². The molecule has 3 heteroatoms. The van der Waals surface area contributed by atoms with Crippen molar-refractivity contribution in [3.05, 3.63) is 12.7 Å². The molecule has 66 valence electrons. The van der Waals surface area contributed by atoms with Crippen molar-refractivity contribution in [3.8, 4) is 0 Å². The number of urea groups is 1. The standard InChI is InChI=1S/C9H14N2O/c1-3-7(4-2)10-9(12)11-8-5-6-8/h3,8H,1,4-6H2,2H3,(H,11,12). The first-order valence-corrected chi connectivity index (χ1v) is 4.26. The van der Waals surface area contributed by atoms with Gasteiger partial charge < -0.3 is 5.32 Å². The van der Waals surface area contributed by atoms with Crippen LogP contribution in [-0.2, 0) is 0 Å². The first kappa shape index (κ1) is 8.97. The van der Waals surface area contributed by atoms with Crippen LogP contribution in [0.15, 0.2) is 17.6 Å². The molecule has 0 aromatic rings. The predicted molar refractivity (Wildman–Crippen MR) is 49.5 cm³/mol. The van der Waals surface area contributed by atoms with Crippen LogP contribution in [-0.4, -0.2) is 17.8 Å². The lowest BCUT2D eigenvalue weighted by molar-refractivity contribution is 0.249. The van der Waals surface area contributed by atoms with Crippen LogP contribution in [0.5, 0.6) is 0 Å². The van der Waals surface area contributed by atoms with Crippen LogP contribution in [0.1, 0.15) is 26.2 Å². The third kappa shape index (κ3) is 2.86. The zero-order valence-electron chi connectivity index (χ0n) is 7.34. The number of allylic oxidation sites excluding steroid dienone is 1. The second kappa shape index (κ2) is 4.04. The van der Waals surface area contributed by atoms with E-state index in [2.05, 4.69) is 16.9 Å². The lowest BCUT2D eigenvalue weighted by atomic mass is 10.3. The number of amides is 2. The lowest BCUT2D eigenvalue weighted by Crippen LogP contribution is -2.22. The molecule has 0 atom stereocenters. The molecule has 2 amide bonds. The Morgan fingerprint density at radius 1 is 1.75 bits per heavy atom. The van der Waals surface area contributed by atoms with Crippen LogP contribution in [0.2, 0.25) is 0 Å². The summed E-state index contributed by atoms with van der Waals surface area (Å²) in [5, 5.41) is 2.78. The number of nitrogens with one attached hydrogen (secondary N) is 1. The Labute approximate surface area is 72.6 Å². The predicted octanol–water partition coefficient (Wildman–Crippen LogP) is 1.90. The summed E-state index contributed by atoms with van der Waals surface area (Å²) >= 11 is 0. The number of carbonyl (C=O) groups excluding carboxylic acids is 1. The maximum atomic E-state index is 11.1. The summed E-state index contributed by atoms with van der Waals surface area (Å²) in [7, 11) is 0. The van der Waals surface area contributed by atoms with Gasteiger partial charge in [-0.05, 0) is 25.3 Å². The number of carbonyl (C=O) groups is 1. The Morgan fingerprint density at radius 2 is 2.42 bits per heavy atom. The van der Waals surface area contributed by atoms with Crippen molar-refractivity contribution in [1.82, 2.24) is 5.32 Å². The minimum absolute atomic E-state index is 0.228. The molecule has 0 heterocycles. The number of hydrogen-bond donors (Lipinski definition) is 1. The second-order valence-corrected chi connectivity index (χ2v) is 2.88. The van der Waals surface area contributed by atoms with E-state index in [1.807, 2.05) is 6.92 Å². The van der Waals surface area contributed by atoms with E-state index in [0.717, 1.165) is 25.0 Å². The Bertz CT molecular complexity index is 217. The number of hydrogen-bond acceptors (Lipinski definition) is 1. The zero-order valence-corrected chi connectivity index (χ0v) is 7.34. The molecule has 0 saturated heterocycles. The maximum absolute atomic E-state index is 11.1. The molecule has 12 heavy (non-hydrogen) atoms. The van der Waals surface area contributed by atoms with E-state index in [1.54, 1.807) is 6.08 Å². The molecule has 0 aromatic heterocycles. The highest BCUT2D eigenvalue weighted by atomic mass is 16.2. The molecule has 1 N–H and O–H groups in total. The Morgan fingerprint density at radius 3 is 2.83 bits per heavy atom. The van der Waals surface area contributed by atoms with Gasteiger partial charge in [0.2, 0.25) is 0 Å². The largest absolute Gasteiger partial charge is 0.341 e. The van der Waals surface area contributed by atoms with Crippen molar-refractivity contribution in [2.24, 2.45) is 4.99 Å². The van der Waals surface area contributed by atoms with Crippen molar-refractivity contribution in [1.29, 1.82) is 0 Å². The minimum atomic E-state index is -0.228. The fourth-order valence-corrected chi connectivity index (χ4v) is 0.834. The highest BCUT2D eigenvalue weighted by Crippen LogP contribution is 2.18. The molecule has 0 spiro atoms. The second-order valence-electron chi connectivity index (χ2n) is 2.88. The molecule has 1 aliphatic carbocycles. The van der Waals surface area contributed by atoms with Gasteiger partial charge in [-0.3, -0.25) is 0 Å². The van der Waals surface area contributed by atoms with Crippen LogP contribution in [0.3, 0.4) is 0 Å². The van der Waals surface area contributed by atoms with E-state index in [4.69, 9.17) is 0 Å². The summed E-state index contributed by atoms with van der Waals surface area (Å²) in [6, 6.07) is 0.151. The summed E-state index contributed by atoms with van der Waals surface area (Å²) in [6.45, 7) is 5.52. The van der Waals surface area contributed by atoms with Gasteiger partial charge in [0.25, 0.3) is 0 Å². The molecule has 1 rings (SSSR count). The van der Waals surface area contributed by atoms with Crippen LogP contribution < -0.4 is 5.32 Å². The Hall–Kier alpha value is -1.12. The quantitative estimate of drug-likeness (QED) is 0.639. The van der Waals surface area contributed by atoms with Gasteiger partial charge in [0.1, 0.15) is 0 Å². The van der Waals surface area contributed by atoms with Crippen LogP contribution in [0, 0.1) is 0 Å². The number of aliphatic imine (C=N–C) groups is 1. The third-order valence-electron chi connectivity index (χ3n) is 1.75. The highest BCUT2D eigenvalue weighted by molar-refractivity contribution is 6.01. The molecule has 0 unspecified atom stereocenters. The van der Waals surface area contributed by atoms with Crippen molar-refractivity contribution in [3.63, 3.8) is 0 Å².